The number of pyridine rings is 1. The summed E-state index contributed by atoms with van der Waals surface area (Å²) in [7, 11) is 0. The maximum Gasteiger partial charge on any atom is 0.0439 e. The number of aryl methyl sites for hydroxylation is 1. The van der Waals surface area contributed by atoms with Crippen molar-refractivity contribution < 1.29 is 0 Å². The lowest BCUT2D eigenvalue weighted by atomic mass is 10.1. The van der Waals surface area contributed by atoms with Gasteiger partial charge in [0.15, 0.2) is 0 Å². The van der Waals surface area contributed by atoms with Gasteiger partial charge in [-0.25, -0.2) is 0 Å². The molecule has 0 aliphatic rings. The number of rotatable bonds is 4. The molecule has 0 unspecified atom stereocenters. The van der Waals surface area contributed by atoms with E-state index in [0.29, 0.717) is 0 Å². The van der Waals surface area contributed by atoms with Gasteiger partial charge in [-0.05, 0) is 25.0 Å². The lowest BCUT2D eigenvalue weighted by Gasteiger charge is -1.99. The van der Waals surface area contributed by atoms with E-state index in [9.17, 15) is 0 Å². The van der Waals surface area contributed by atoms with E-state index in [1.807, 2.05) is 12.1 Å². The molecule has 12 heavy (non-hydrogen) atoms. The molecule has 0 N–H and O–H groups in total. The summed E-state index contributed by atoms with van der Waals surface area (Å²) in [4.78, 5) is 4.23. The maximum atomic E-state index is 5.82. The first kappa shape index (κ1) is 9.53. The highest BCUT2D eigenvalue weighted by Gasteiger charge is 1.94. The van der Waals surface area contributed by atoms with Gasteiger partial charge in [0.2, 0.25) is 0 Å². The standard InChI is InChI=1S/C10H14ClN/c1-2-3-4-5-10-8-9(11)6-7-12-10/h6-8H,2-5H2,1H3. The Labute approximate surface area is 78.8 Å². The van der Waals surface area contributed by atoms with Crippen LogP contribution in [0.2, 0.25) is 5.02 Å². The Morgan fingerprint density at radius 3 is 2.92 bits per heavy atom. The Kier molecular flexibility index (Phi) is 4.09. The first-order valence-corrected chi connectivity index (χ1v) is 4.81. The van der Waals surface area contributed by atoms with Gasteiger partial charge >= 0.3 is 0 Å². The van der Waals surface area contributed by atoms with Crippen LogP contribution in [0.5, 0.6) is 0 Å². The molecule has 0 radical (unpaired) electrons. The molecule has 1 nitrogen and oxygen atoms in total. The summed E-state index contributed by atoms with van der Waals surface area (Å²) >= 11 is 5.82. The van der Waals surface area contributed by atoms with E-state index >= 15 is 0 Å². The second kappa shape index (κ2) is 5.15. The van der Waals surface area contributed by atoms with Crippen LogP contribution in [0.25, 0.3) is 0 Å². The van der Waals surface area contributed by atoms with Crippen molar-refractivity contribution in [2.75, 3.05) is 0 Å². The highest BCUT2D eigenvalue weighted by atomic mass is 35.5. The normalized spacial score (nSPS) is 10.2. The van der Waals surface area contributed by atoms with Gasteiger partial charge in [0, 0.05) is 16.9 Å². The predicted octanol–water partition coefficient (Wildman–Crippen LogP) is 3.47. The molecule has 1 rings (SSSR count). The summed E-state index contributed by atoms with van der Waals surface area (Å²) in [5.41, 5.74) is 1.11. The lowest BCUT2D eigenvalue weighted by molar-refractivity contribution is 0.707. The van der Waals surface area contributed by atoms with Crippen LogP contribution in [0.1, 0.15) is 31.9 Å². The Bertz CT molecular complexity index is 235. The molecule has 0 aliphatic heterocycles. The Morgan fingerprint density at radius 1 is 1.42 bits per heavy atom. The quantitative estimate of drug-likeness (QED) is 0.652. The van der Waals surface area contributed by atoms with Crippen molar-refractivity contribution in [3.05, 3.63) is 29.0 Å². The van der Waals surface area contributed by atoms with Crippen LogP contribution in [0.4, 0.5) is 0 Å². The van der Waals surface area contributed by atoms with Gasteiger partial charge in [0.05, 0.1) is 0 Å². The molecular formula is C10H14ClN. The minimum absolute atomic E-state index is 0.788. The van der Waals surface area contributed by atoms with E-state index < -0.39 is 0 Å². The van der Waals surface area contributed by atoms with Crippen LogP contribution in [-0.4, -0.2) is 4.98 Å². The smallest absolute Gasteiger partial charge is 0.0439 e. The number of hydrogen-bond acceptors (Lipinski definition) is 1. The maximum absolute atomic E-state index is 5.82. The van der Waals surface area contributed by atoms with Gasteiger partial charge in [-0.15, -0.1) is 0 Å². The molecule has 0 amide bonds. The molecule has 0 atom stereocenters. The molecule has 0 saturated carbocycles. The summed E-state index contributed by atoms with van der Waals surface area (Å²) < 4.78 is 0. The van der Waals surface area contributed by atoms with E-state index in [1.165, 1.54) is 19.3 Å². The third kappa shape index (κ3) is 3.22. The van der Waals surface area contributed by atoms with Crippen molar-refractivity contribution in [3.8, 4) is 0 Å². The first-order chi connectivity index (χ1) is 5.83. The molecule has 0 aliphatic carbocycles. The molecule has 1 aromatic heterocycles. The zero-order valence-electron chi connectivity index (χ0n) is 7.39. The largest absolute Gasteiger partial charge is 0.261 e. The van der Waals surface area contributed by atoms with Crippen LogP contribution in [0, 0.1) is 0 Å². The van der Waals surface area contributed by atoms with E-state index in [4.69, 9.17) is 11.6 Å². The summed E-state index contributed by atoms with van der Waals surface area (Å²) in [6, 6.07) is 3.75. The third-order valence-electron chi connectivity index (χ3n) is 1.82. The van der Waals surface area contributed by atoms with Crippen molar-refractivity contribution in [1.82, 2.24) is 4.98 Å². The topological polar surface area (TPSA) is 12.9 Å². The fourth-order valence-corrected chi connectivity index (χ4v) is 1.32. The number of hydrogen-bond donors (Lipinski definition) is 0. The van der Waals surface area contributed by atoms with Crippen molar-refractivity contribution >= 4 is 11.6 Å². The summed E-state index contributed by atoms with van der Waals surface area (Å²) in [6.07, 6.45) is 6.55. The Balaban J connectivity index is 2.41. The highest BCUT2D eigenvalue weighted by Crippen LogP contribution is 2.10. The minimum Gasteiger partial charge on any atom is -0.261 e. The number of halogens is 1. The molecular weight excluding hydrogens is 170 g/mol. The van der Waals surface area contributed by atoms with E-state index in [2.05, 4.69) is 11.9 Å². The zero-order valence-corrected chi connectivity index (χ0v) is 8.14. The number of aromatic nitrogens is 1. The average molecular weight is 184 g/mol. The second-order valence-corrected chi connectivity index (χ2v) is 3.36. The highest BCUT2D eigenvalue weighted by molar-refractivity contribution is 6.30. The average Bonchev–Trinajstić information content (AvgIpc) is 2.05. The second-order valence-electron chi connectivity index (χ2n) is 2.92. The molecule has 66 valence electrons. The molecule has 0 aromatic carbocycles. The number of unbranched alkanes of at least 4 members (excludes halogenated alkanes) is 2. The van der Waals surface area contributed by atoms with Gasteiger partial charge in [-0.2, -0.15) is 0 Å². The molecule has 1 aromatic rings. The Hall–Kier alpha value is -0.560. The van der Waals surface area contributed by atoms with Gasteiger partial charge in [-0.1, -0.05) is 31.4 Å². The molecule has 0 spiro atoms. The van der Waals surface area contributed by atoms with Crippen molar-refractivity contribution in [1.29, 1.82) is 0 Å². The summed E-state index contributed by atoms with van der Waals surface area (Å²) in [5.74, 6) is 0. The first-order valence-electron chi connectivity index (χ1n) is 4.43. The Morgan fingerprint density at radius 2 is 2.25 bits per heavy atom. The van der Waals surface area contributed by atoms with Crippen LogP contribution in [-0.2, 0) is 6.42 Å². The molecule has 0 saturated heterocycles. The zero-order chi connectivity index (χ0) is 8.81. The van der Waals surface area contributed by atoms with E-state index in [0.717, 1.165) is 17.1 Å². The van der Waals surface area contributed by atoms with Gasteiger partial charge in [0.1, 0.15) is 0 Å². The summed E-state index contributed by atoms with van der Waals surface area (Å²) in [6.45, 7) is 2.20. The fraction of sp³-hybridized carbons (Fsp3) is 0.500. The van der Waals surface area contributed by atoms with E-state index in [1.54, 1.807) is 6.20 Å². The van der Waals surface area contributed by atoms with E-state index in [-0.39, 0.29) is 0 Å². The van der Waals surface area contributed by atoms with Gasteiger partial charge in [0.25, 0.3) is 0 Å². The number of nitrogens with zero attached hydrogens (tertiary/aromatic N) is 1. The molecule has 0 bridgehead atoms. The van der Waals surface area contributed by atoms with Gasteiger partial charge in [-0.3, -0.25) is 4.98 Å². The lowest BCUT2D eigenvalue weighted by Crippen LogP contribution is -1.88. The SMILES string of the molecule is CCCCCc1cc(Cl)ccn1. The summed E-state index contributed by atoms with van der Waals surface area (Å²) in [5, 5.41) is 0.788. The molecule has 1 heterocycles. The van der Waals surface area contributed by atoms with Crippen LogP contribution in [0.15, 0.2) is 18.3 Å². The van der Waals surface area contributed by atoms with Gasteiger partial charge < -0.3 is 0 Å². The van der Waals surface area contributed by atoms with Crippen LogP contribution < -0.4 is 0 Å². The minimum atomic E-state index is 0.788. The predicted molar refractivity (Wildman–Crippen MR) is 52.5 cm³/mol. The van der Waals surface area contributed by atoms with Crippen molar-refractivity contribution in [2.24, 2.45) is 0 Å². The molecule has 2 heteroatoms. The van der Waals surface area contributed by atoms with Crippen LogP contribution in [0.3, 0.4) is 0 Å². The monoisotopic (exact) mass is 183 g/mol. The fourth-order valence-electron chi connectivity index (χ4n) is 1.14. The third-order valence-corrected chi connectivity index (χ3v) is 2.05. The molecule has 0 fully saturated rings. The van der Waals surface area contributed by atoms with Crippen molar-refractivity contribution in [2.45, 2.75) is 32.6 Å². The van der Waals surface area contributed by atoms with Crippen LogP contribution >= 0.6 is 11.6 Å². The van der Waals surface area contributed by atoms with Crippen molar-refractivity contribution in [3.63, 3.8) is 0 Å².